The summed E-state index contributed by atoms with van der Waals surface area (Å²) in [5.74, 6) is 0.0332. The van der Waals surface area contributed by atoms with Gasteiger partial charge in [0, 0.05) is 17.0 Å². The van der Waals surface area contributed by atoms with Crippen LogP contribution in [0.3, 0.4) is 0 Å². The van der Waals surface area contributed by atoms with Crippen molar-refractivity contribution in [1.29, 1.82) is 0 Å². The molecule has 0 heterocycles. The number of amides is 2. The second-order valence-corrected chi connectivity index (χ2v) is 6.64. The summed E-state index contributed by atoms with van der Waals surface area (Å²) >= 11 is 0. The minimum atomic E-state index is -0.380. The molecule has 5 heteroatoms. The van der Waals surface area contributed by atoms with E-state index >= 15 is 0 Å². The SMILES string of the molecule is CCOC(=O)NC1(C)CCCC(C)(NC(=O)C(C)C)C1. The standard InChI is InChI=1S/C15H28N2O3/c1-6-20-13(19)17-15(5)9-7-8-14(4,10-15)16-12(18)11(2)3/h11H,6-10H2,1-5H3,(H,16,18)(H,17,19). The third kappa shape index (κ3) is 4.69. The van der Waals surface area contributed by atoms with Crippen molar-refractivity contribution in [2.24, 2.45) is 5.92 Å². The number of alkyl carbamates (subject to hydrolysis) is 1. The molecule has 1 rings (SSSR count). The number of hydrogen-bond donors (Lipinski definition) is 2. The highest BCUT2D eigenvalue weighted by molar-refractivity contribution is 5.78. The van der Waals surface area contributed by atoms with Crippen LogP contribution < -0.4 is 10.6 Å². The molecule has 0 saturated heterocycles. The Kier molecular flexibility index (Phi) is 5.42. The zero-order valence-corrected chi connectivity index (χ0v) is 13.3. The van der Waals surface area contributed by atoms with E-state index in [0.717, 1.165) is 25.7 Å². The molecule has 0 bridgehead atoms. The van der Waals surface area contributed by atoms with Crippen LogP contribution in [0.15, 0.2) is 0 Å². The van der Waals surface area contributed by atoms with Crippen LogP contribution in [0.4, 0.5) is 4.79 Å². The maximum Gasteiger partial charge on any atom is 0.407 e. The molecule has 1 saturated carbocycles. The smallest absolute Gasteiger partial charge is 0.407 e. The molecule has 0 spiro atoms. The summed E-state index contributed by atoms with van der Waals surface area (Å²) in [7, 11) is 0. The van der Waals surface area contributed by atoms with E-state index in [1.54, 1.807) is 6.92 Å². The van der Waals surface area contributed by atoms with Gasteiger partial charge in [0.05, 0.1) is 6.61 Å². The topological polar surface area (TPSA) is 67.4 Å². The quantitative estimate of drug-likeness (QED) is 0.834. The monoisotopic (exact) mass is 284 g/mol. The lowest BCUT2D eigenvalue weighted by Gasteiger charge is -2.45. The van der Waals surface area contributed by atoms with E-state index in [1.165, 1.54) is 0 Å². The highest BCUT2D eigenvalue weighted by Gasteiger charge is 2.41. The highest BCUT2D eigenvalue weighted by atomic mass is 16.5. The van der Waals surface area contributed by atoms with Crippen LogP contribution in [0.1, 0.15) is 60.3 Å². The Morgan fingerprint density at radius 3 is 2.20 bits per heavy atom. The lowest BCUT2D eigenvalue weighted by atomic mass is 9.72. The van der Waals surface area contributed by atoms with Gasteiger partial charge in [0.25, 0.3) is 0 Å². The van der Waals surface area contributed by atoms with Gasteiger partial charge in [0.2, 0.25) is 5.91 Å². The van der Waals surface area contributed by atoms with E-state index in [2.05, 4.69) is 17.6 Å². The van der Waals surface area contributed by atoms with Gasteiger partial charge >= 0.3 is 6.09 Å². The number of carbonyl (C=O) groups is 2. The molecule has 20 heavy (non-hydrogen) atoms. The van der Waals surface area contributed by atoms with Crippen LogP contribution in [0.5, 0.6) is 0 Å². The van der Waals surface area contributed by atoms with Gasteiger partial charge in [-0.1, -0.05) is 13.8 Å². The molecule has 2 atom stereocenters. The molecular weight excluding hydrogens is 256 g/mol. The number of carbonyl (C=O) groups excluding carboxylic acids is 2. The molecule has 2 N–H and O–H groups in total. The molecule has 2 unspecified atom stereocenters. The lowest BCUT2D eigenvalue weighted by Crippen LogP contribution is -2.59. The van der Waals surface area contributed by atoms with E-state index in [0.29, 0.717) is 6.61 Å². The Balaban J connectivity index is 2.68. The molecule has 0 aromatic heterocycles. The van der Waals surface area contributed by atoms with Crippen molar-refractivity contribution >= 4 is 12.0 Å². The molecule has 5 nitrogen and oxygen atoms in total. The van der Waals surface area contributed by atoms with E-state index < -0.39 is 0 Å². The minimum absolute atomic E-state index is 0.0296. The van der Waals surface area contributed by atoms with Gasteiger partial charge in [-0.15, -0.1) is 0 Å². The van der Waals surface area contributed by atoms with Crippen molar-refractivity contribution in [2.45, 2.75) is 71.4 Å². The van der Waals surface area contributed by atoms with Gasteiger partial charge in [-0.2, -0.15) is 0 Å². The van der Waals surface area contributed by atoms with Gasteiger partial charge in [-0.3, -0.25) is 4.79 Å². The first-order chi connectivity index (χ1) is 9.20. The Hall–Kier alpha value is -1.26. The van der Waals surface area contributed by atoms with Crippen LogP contribution in [0.25, 0.3) is 0 Å². The maximum absolute atomic E-state index is 11.9. The lowest BCUT2D eigenvalue weighted by molar-refractivity contribution is -0.126. The Morgan fingerprint density at radius 1 is 1.15 bits per heavy atom. The van der Waals surface area contributed by atoms with E-state index in [-0.39, 0.29) is 29.0 Å². The molecular formula is C15H28N2O3. The van der Waals surface area contributed by atoms with Gasteiger partial charge in [-0.25, -0.2) is 4.79 Å². The van der Waals surface area contributed by atoms with Crippen molar-refractivity contribution < 1.29 is 14.3 Å². The minimum Gasteiger partial charge on any atom is -0.450 e. The number of ether oxygens (including phenoxy) is 1. The number of hydrogen-bond acceptors (Lipinski definition) is 3. The first-order valence-corrected chi connectivity index (χ1v) is 7.47. The largest absolute Gasteiger partial charge is 0.450 e. The zero-order valence-electron chi connectivity index (χ0n) is 13.3. The van der Waals surface area contributed by atoms with Crippen molar-refractivity contribution in [3.8, 4) is 0 Å². The zero-order chi connectivity index (χ0) is 15.4. The van der Waals surface area contributed by atoms with Crippen molar-refractivity contribution in [2.75, 3.05) is 6.61 Å². The van der Waals surface area contributed by atoms with E-state index in [4.69, 9.17) is 4.74 Å². The van der Waals surface area contributed by atoms with Gasteiger partial charge in [-0.05, 0) is 46.5 Å². The van der Waals surface area contributed by atoms with Crippen LogP contribution in [0, 0.1) is 5.92 Å². The summed E-state index contributed by atoms with van der Waals surface area (Å²) in [5.41, 5.74) is -0.600. The molecule has 2 amide bonds. The summed E-state index contributed by atoms with van der Waals surface area (Å²) in [6.45, 7) is 9.99. The second-order valence-electron chi connectivity index (χ2n) is 6.64. The third-order valence-corrected chi connectivity index (χ3v) is 3.87. The average molecular weight is 284 g/mol. The fraction of sp³-hybridized carbons (Fsp3) is 0.867. The van der Waals surface area contributed by atoms with Crippen molar-refractivity contribution in [3.63, 3.8) is 0 Å². The number of nitrogens with one attached hydrogen (secondary N) is 2. The molecule has 0 aromatic rings. The van der Waals surface area contributed by atoms with Crippen LogP contribution in [-0.4, -0.2) is 29.7 Å². The predicted molar refractivity (Wildman–Crippen MR) is 78.4 cm³/mol. The van der Waals surface area contributed by atoms with Gasteiger partial charge in [0.1, 0.15) is 0 Å². The first-order valence-electron chi connectivity index (χ1n) is 7.47. The molecule has 0 aliphatic heterocycles. The van der Waals surface area contributed by atoms with Gasteiger partial charge < -0.3 is 15.4 Å². The molecule has 1 fully saturated rings. The van der Waals surface area contributed by atoms with E-state index in [9.17, 15) is 9.59 Å². The summed E-state index contributed by atoms with van der Waals surface area (Å²) in [5, 5.41) is 6.07. The summed E-state index contributed by atoms with van der Waals surface area (Å²) < 4.78 is 4.96. The molecule has 116 valence electrons. The normalized spacial score (nSPS) is 29.9. The van der Waals surface area contributed by atoms with Crippen molar-refractivity contribution in [3.05, 3.63) is 0 Å². The Bertz CT molecular complexity index is 370. The van der Waals surface area contributed by atoms with E-state index in [1.807, 2.05) is 20.8 Å². The fourth-order valence-corrected chi connectivity index (χ4v) is 2.98. The van der Waals surface area contributed by atoms with Crippen LogP contribution >= 0.6 is 0 Å². The summed E-state index contributed by atoms with van der Waals surface area (Å²) in [6.07, 6.45) is 3.15. The average Bonchev–Trinajstić information content (AvgIpc) is 2.26. The summed E-state index contributed by atoms with van der Waals surface area (Å²) in [6, 6.07) is 0. The predicted octanol–water partition coefficient (Wildman–Crippen LogP) is 2.60. The molecule has 0 radical (unpaired) electrons. The van der Waals surface area contributed by atoms with Crippen molar-refractivity contribution in [1.82, 2.24) is 10.6 Å². The molecule has 0 aromatic carbocycles. The fourth-order valence-electron chi connectivity index (χ4n) is 2.98. The Morgan fingerprint density at radius 2 is 1.70 bits per heavy atom. The first kappa shape index (κ1) is 16.8. The maximum atomic E-state index is 11.9. The highest BCUT2D eigenvalue weighted by Crippen LogP contribution is 2.35. The van der Waals surface area contributed by atoms with Crippen LogP contribution in [-0.2, 0) is 9.53 Å². The van der Waals surface area contributed by atoms with Gasteiger partial charge in [0.15, 0.2) is 0 Å². The summed E-state index contributed by atoms with van der Waals surface area (Å²) in [4.78, 5) is 23.6. The molecule has 1 aliphatic carbocycles. The third-order valence-electron chi connectivity index (χ3n) is 3.87. The second kappa shape index (κ2) is 6.46. The molecule has 1 aliphatic rings. The van der Waals surface area contributed by atoms with Crippen LogP contribution in [0.2, 0.25) is 0 Å². The number of rotatable bonds is 4. The Labute approximate surface area is 121 Å².